The van der Waals surface area contributed by atoms with Gasteiger partial charge in [-0.3, -0.25) is 4.98 Å². The van der Waals surface area contributed by atoms with Crippen LogP contribution in [0.5, 0.6) is 0 Å². The van der Waals surface area contributed by atoms with Crippen LogP contribution in [-0.4, -0.2) is 28.2 Å². The molecule has 3 N–H and O–H groups in total. The monoisotopic (exact) mass is 433 g/mol. The van der Waals surface area contributed by atoms with Crippen molar-refractivity contribution in [2.75, 3.05) is 23.7 Å². The number of hydrogen-bond acceptors (Lipinski definition) is 5. The minimum absolute atomic E-state index is 0.596. The predicted octanol–water partition coefficient (Wildman–Crippen LogP) is 5.37. The molecule has 0 unspecified atom stereocenters. The summed E-state index contributed by atoms with van der Waals surface area (Å²) in [5.74, 6) is 0. The van der Waals surface area contributed by atoms with E-state index in [2.05, 4.69) is 55.6 Å². The number of fused-ring (bicyclic) bond motifs is 1. The highest BCUT2D eigenvalue weighted by atomic mass is 32.1. The van der Waals surface area contributed by atoms with E-state index in [0.29, 0.717) is 11.7 Å². The van der Waals surface area contributed by atoms with Crippen molar-refractivity contribution in [3.05, 3.63) is 70.7 Å². The molecule has 0 saturated carbocycles. The first-order valence-electron chi connectivity index (χ1n) is 9.76. The Morgan fingerprint density at radius 2 is 1.87 bits per heavy atom. The van der Waals surface area contributed by atoms with Gasteiger partial charge in [-0.25, -0.2) is 4.98 Å². The van der Waals surface area contributed by atoms with Gasteiger partial charge in [0.2, 0.25) is 0 Å². The summed E-state index contributed by atoms with van der Waals surface area (Å²) in [6, 6.07) is 18.4. The lowest BCUT2D eigenvalue weighted by Crippen LogP contribution is -2.32. The highest BCUT2D eigenvalue weighted by molar-refractivity contribution is 7.80. The standard InChI is InChI=1S/C23H23N5S2/c1-15-12-21(19-8-3-4-9-20(19)26-15)24-10-11-25-23(29)28-18-7-5-6-17(13-18)22-14-30-16(2)27-22/h3-9,12-14H,10-11H2,1-2H3,(H,24,26)(H2,25,28,29). The van der Waals surface area contributed by atoms with Crippen molar-refractivity contribution in [3.8, 4) is 11.3 Å². The molecule has 0 spiro atoms. The highest BCUT2D eigenvalue weighted by Crippen LogP contribution is 2.24. The first-order valence-corrected chi connectivity index (χ1v) is 11.0. The predicted molar refractivity (Wildman–Crippen MR) is 131 cm³/mol. The summed E-state index contributed by atoms with van der Waals surface area (Å²) in [7, 11) is 0. The Balaban J connectivity index is 1.31. The molecule has 0 aliphatic heterocycles. The number of para-hydroxylation sites is 1. The number of hydrogen-bond donors (Lipinski definition) is 3. The summed E-state index contributed by atoms with van der Waals surface area (Å²) < 4.78 is 0. The van der Waals surface area contributed by atoms with E-state index in [-0.39, 0.29) is 0 Å². The molecule has 2 aromatic heterocycles. The molecule has 5 nitrogen and oxygen atoms in total. The Hall–Kier alpha value is -3.03. The molecule has 0 fully saturated rings. The van der Waals surface area contributed by atoms with Crippen molar-refractivity contribution in [1.29, 1.82) is 0 Å². The topological polar surface area (TPSA) is 61.9 Å². The maximum absolute atomic E-state index is 5.45. The van der Waals surface area contributed by atoms with Crippen molar-refractivity contribution in [3.63, 3.8) is 0 Å². The molecule has 4 aromatic rings. The zero-order valence-corrected chi connectivity index (χ0v) is 18.5. The quantitative estimate of drug-likeness (QED) is 0.281. The van der Waals surface area contributed by atoms with Crippen LogP contribution in [0.2, 0.25) is 0 Å². The number of aromatic nitrogens is 2. The van der Waals surface area contributed by atoms with Gasteiger partial charge >= 0.3 is 0 Å². The third-order valence-electron chi connectivity index (χ3n) is 4.61. The van der Waals surface area contributed by atoms with Gasteiger partial charge in [-0.15, -0.1) is 11.3 Å². The Kier molecular flexibility index (Phi) is 6.21. The maximum Gasteiger partial charge on any atom is 0.170 e. The van der Waals surface area contributed by atoms with E-state index in [1.54, 1.807) is 11.3 Å². The Bertz CT molecular complexity index is 1190. The second-order valence-corrected chi connectivity index (χ2v) is 8.44. The summed E-state index contributed by atoms with van der Waals surface area (Å²) in [5.41, 5.74) is 6.10. The number of benzene rings is 2. The van der Waals surface area contributed by atoms with Gasteiger partial charge in [-0.05, 0) is 50.3 Å². The number of aryl methyl sites for hydroxylation is 2. The van der Waals surface area contributed by atoms with Gasteiger partial charge in [-0.1, -0.05) is 30.3 Å². The van der Waals surface area contributed by atoms with E-state index in [9.17, 15) is 0 Å². The molecule has 4 rings (SSSR count). The first-order chi connectivity index (χ1) is 14.6. The number of anilines is 2. The number of thiazole rings is 1. The molecule has 2 heterocycles. The second kappa shape index (κ2) is 9.19. The first kappa shape index (κ1) is 20.3. The molecule has 0 amide bonds. The maximum atomic E-state index is 5.45. The van der Waals surface area contributed by atoms with Crippen LogP contribution in [0.4, 0.5) is 11.4 Å². The van der Waals surface area contributed by atoms with Crippen molar-refractivity contribution >= 4 is 50.9 Å². The fraction of sp³-hybridized carbons (Fsp3) is 0.174. The van der Waals surface area contributed by atoms with Crippen LogP contribution in [0.3, 0.4) is 0 Å². The lowest BCUT2D eigenvalue weighted by atomic mass is 10.1. The SMILES string of the molecule is Cc1cc(NCCNC(=S)Nc2cccc(-c3csc(C)n3)c2)c2ccccc2n1. The molecule has 0 aliphatic rings. The van der Waals surface area contributed by atoms with Crippen molar-refractivity contribution in [1.82, 2.24) is 15.3 Å². The fourth-order valence-corrected chi connectivity index (χ4v) is 4.10. The zero-order valence-electron chi connectivity index (χ0n) is 16.9. The molecule has 0 atom stereocenters. The zero-order chi connectivity index (χ0) is 20.9. The van der Waals surface area contributed by atoms with E-state index < -0.39 is 0 Å². The average molecular weight is 434 g/mol. The Labute approximate surface area is 185 Å². The molecule has 7 heteroatoms. The van der Waals surface area contributed by atoms with Gasteiger partial charge in [0.25, 0.3) is 0 Å². The molecule has 152 valence electrons. The minimum atomic E-state index is 0.596. The summed E-state index contributed by atoms with van der Waals surface area (Å²) in [4.78, 5) is 9.13. The lowest BCUT2D eigenvalue weighted by molar-refractivity contribution is 0.916. The van der Waals surface area contributed by atoms with E-state index >= 15 is 0 Å². The molecule has 2 aromatic carbocycles. The summed E-state index contributed by atoms with van der Waals surface area (Å²) in [5, 5.41) is 14.8. The molecular weight excluding hydrogens is 410 g/mol. The second-order valence-electron chi connectivity index (χ2n) is 6.97. The largest absolute Gasteiger partial charge is 0.383 e. The third kappa shape index (κ3) is 4.93. The number of nitrogens with zero attached hydrogens (tertiary/aromatic N) is 2. The van der Waals surface area contributed by atoms with Crippen LogP contribution < -0.4 is 16.0 Å². The van der Waals surface area contributed by atoms with Crippen molar-refractivity contribution < 1.29 is 0 Å². The van der Waals surface area contributed by atoms with Crippen LogP contribution in [-0.2, 0) is 0 Å². The molecule has 0 radical (unpaired) electrons. The number of thiocarbonyl (C=S) groups is 1. The highest BCUT2D eigenvalue weighted by Gasteiger charge is 2.05. The molecule has 0 aliphatic carbocycles. The van der Waals surface area contributed by atoms with Gasteiger partial charge < -0.3 is 16.0 Å². The van der Waals surface area contributed by atoms with Crippen molar-refractivity contribution in [2.24, 2.45) is 0 Å². The minimum Gasteiger partial charge on any atom is -0.383 e. The van der Waals surface area contributed by atoms with E-state index in [4.69, 9.17) is 12.2 Å². The fourth-order valence-electron chi connectivity index (χ4n) is 3.25. The average Bonchev–Trinajstić information content (AvgIpc) is 3.17. The van der Waals surface area contributed by atoms with Crippen LogP contribution in [0.25, 0.3) is 22.2 Å². The van der Waals surface area contributed by atoms with Gasteiger partial charge in [0.1, 0.15) is 0 Å². The molecular formula is C23H23N5S2. The number of rotatable bonds is 6. The lowest BCUT2D eigenvalue weighted by Gasteiger charge is -2.13. The van der Waals surface area contributed by atoms with Gasteiger partial charge in [-0.2, -0.15) is 0 Å². The number of nitrogens with one attached hydrogen (secondary N) is 3. The summed E-state index contributed by atoms with van der Waals surface area (Å²) in [6.07, 6.45) is 0. The van der Waals surface area contributed by atoms with Crippen LogP contribution in [0.15, 0.2) is 60.0 Å². The summed E-state index contributed by atoms with van der Waals surface area (Å²) in [6.45, 7) is 5.47. The van der Waals surface area contributed by atoms with E-state index in [0.717, 1.165) is 50.8 Å². The van der Waals surface area contributed by atoms with Gasteiger partial charge in [0.05, 0.1) is 16.2 Å². The van der Waals surface area contributed by atoms with E-state index in [1.165, 1.54) is 0 Å². The summed E-state index contributed by atoms with van der Waals surface area (Å²) >= 11 is 7.11. The van der Waals surface area contributed by atoms with Crippen LogP contribution in [0.1, 0.15) is 10.7 Å². The normalized spacial score (nSPS) is 10.7. The van der Waals surface area contributed by atoms with E-state index in [1.807, 2.05) is 44.2 Å². The van der Waals surface area contributed by atoms with Crippen LogP contribution >= 0.6 is 23.6 Å². The number of pyridine rings is 1. The molecule has 30 heavy (non-hydrogen) atoms. The molecule has 0 saturated heterocycles. The smallest absolute Gasteiger partial charge is 0.170 e. The Morgan fingerprint density at radius 1 is 1.00 bits per heavy atom. The molecule has 0 bridgehead atoms. The van der Waals surface area contributed by atoms with Crippen molar-refractivity contribution in [2.45, 2.75) is 13.8 Å². The third-order valence-corrected chi connectivity index (χ3v) is 5.63. The van der Waals surface area contributed by atoms with Gasteiger partial charge in [0, 0.05) is 46.5 Å². The van der Waals surface area contributed by atoms with Gasteiger partial charge in [0.15, 0.2) is 5.11 Å². The van der Waals surface area contributed by atoms with Crippen LogP contribution in [0, 0.1) is 13.8 Å². The Morgan fingerprint density at radius 3 is 2.70 bits per heavy atom.